The zero-order valence-corrected chi connectivity index (χ0v) is 11.3. The minimum absolute atomic E-state index is 0.388. The van der Waals surface area contributed by atoms with Crippen LogP contribution in [0.5, 0.6) is 0 Å². The lowest BCUT2D eigenvalue weighted by Crippen LogP contribution is -2.40. The summed E-state index contributed by atoms with van der Waals surface area (Å²) in [7, 11) is 0. The standard InChI is InChI=1S/C11H24BrN/c1-6-7-13(10(2)3)9-11(4,5)8-12/h10H,6-9H2,1-5H3. The maximum absolute atomic E-state index is 3.57. The molecule has 0 atom stereocenters. The van der Waals surface area contributed by atoms with Gasteiger partial charge in [-0.15, -0.1) is 0 Å². The first-order valence-electron chi connectivity index (χ1n) is 5.23. The van der Waals surface area contributed by atoms with Crippen molar-refractivity contribution in [2.75, 3.05) is 18.4 Å². The van der Waals surface area contributed by atoms with Gasteiger partial charge in [-0.3, -0.25) is 0 Å². The molecule has 0 rings (SSSR count). The average Bonchev–Trinajstić information content (AvgIpc) is 2.03. The van der Waals surface area contributed by atoms with Gasteiger partial charge < -0.3 is 4.90 Å². The quantitative estimate of drug-likeness (QED) is 0.652. The molecule has 0 saturated carbocycles. The summed E-state index contributed by atoms with van der Waals surface area (Å²) < 4.78 is 0. The van der Waals surface area contributed by atoms with Crippen LogP contribution in [0.15, 0.2) is 0 Å². The van der Waals surface area contributed by atoms with Gasteiger partial charge >= 0.3 is 0 Å². The molecule has 0 aromatic heterocycles. The normalized spacial score (nSPS) is 12.9. The Morgan fingerprint density at radius 2 is 1.85 bits per heavy atom. The second kappa shape index (κ2) is 6.02. The van der Waals surface area contributed by atoms with Gasteiger partial charge in [0.25, 0.3) is 0 Å². The maximum Gasteiger partial charge on any atom is 0.00949 e. The fourth-order valence-electron chi connectivity index (χ4n) is 1.40. The van der Waals surface area contributed by atoms with Crippen molar-refractivity contribution in [1.29, 1.82) is 0 Å². The molecule has 0 radical (unpaired) electrons. The van der Waals surface area contributed by atoms with Crippen LogP contribution in [-0.4, -0.2) is 29.4 Å². The minimum atomic E-state index is 0.388. The molecule has 0 saturated heterocycles. The number of hydrogen-bond acceptors (Lipinski definition) is 1. The fourth-order valence-corrected chi connectivity index (χ4v) is 1.58. The number of hydrogen-bond donors (Lipinski definition) is 0. The zero-order chi connectivity index (χ0) is 10.5. The van der Waals surface area contributed by atoms with E-state index in [1.54, 1.807) is 0 Å². The third kappa shape index (κ3) is 5.69. The summed E-state index contributed by atoms with van der Waals surface area (Å²) in [6.45, 7) is 13.8. The predicted molar refractivity (Wildman–Crippen MR) is 64.6 cm³/mol. The molecule has 0 aliphatic heterocycles. The monoisotopic (exact) mass is 249 g/mol. The van der Waals surface area contributed by atoms with E-state index in [2.05, 4.69) is 55.4 Å². The van der Waals surface area contributed by atoms with Crippen LogP contribution in [0.3, 0.4) is 0 Å². The lowest BCUT2D eigenvalue weighted by molar-refractivity contribution is 0.158. The van der Waals surface area contributed by atoms with Crippen LogP contribution >= 0.6 is 15.9 Å². The molecule has 0 heterocycles. The highest BCUT2D eigenvalue weighted by Crippen LogP contribution is 2.21. The van der Waals surface area contributed by atoms with Crippen LogP contribution in [0.1, 0.15) is 41.0 Å². The molecule has 0 aromatic carbocycles. The molecule has 2 heteroatoms. The molecule has 13 heavy (non-hydrogen) atoms. The van der Waals surface area contributed by atoms with Gasteiger partial charge in [-0.2, -0.15) is 0 Å². The van der Waals surface area contributed by atoms with Crippen molar-refractivity contribution in [3.8, 4) is 0 Å². The third-order valence-electron chi connectivity index (χ3n) is 2.23. The highest BCUT2D eigenvalue weighted by Gasteiger charge is 2.21. The Balaban J connectivity index is 4.08. The van der Waals surface area contributed by atoms with E-state index in [1.165, 1.54) is 19.5 Å². The van der Waals surface area contributed by atoms with E-state index < -0.39 is 0 Å². The number of rotatable bonds is 6. The molecular formula is C11H24BrN. The lowest BCUT2D eigenvalue weighted by Gasteiger charge is -2.34. The summed E-state index contributed by atoms with van der Waals surface area (Å²) in [6.07, 6.45) is 1.25. The third-order valence-corrected chi connectivity index (χ3v) is 3.75. The van der Waals surface area contributed by atoms with E-state index in [-0.39, 0.29) is 0 Å². The number of halogens is 1. The van der Waals surface area contributed by atoms with Crippen molar-refractivity contribution in [1.82, 2.24) is 4.90 Å². The van der Waals surface area contributed by atoms with Crippen LogP contribution in [0.2, 0.25) is 0 Å². The van der Waals surface area contributed by atoms with Crippen molar-refractivity contribution in [2.24, 2.45) is 5.41 Å². The highest BCUT2D eigenvalue weighted by atomic mass is 79.9. The average molecular weight is 250 g/mol. The summed E-state index contributed by atoms with van der Waals surface area (Å²) in [5.74, 6) is 0. The Morgan fingerprint density at radius 1 is 1.31 bits per heavy atom. The van der Waals surface area contributed by atoms with E-state index in [0.717, 1.165) is 5.33 Å². The van der Waals surface area contributed by atoms with Gasteiger partial charge in [-0.05, 0) is 32.2 Å². The van der Waals surface area contributed by atoms with Gasteiger partial charge in [0.15, 0.2) is 0 Å². The Kier molecular flexibility index (Phi) is 6.23. The molecule has 0 fully saturated rings. The molecular weight excluding hydrogens is 226 g/mol. The van der Waals surface area contributed by atoms with E-state index in [1.807, 2.05) is 0 Å². The van der Waals surface area contributed by atoms with Crippen molar-refractivity contribution < 1.29 is 0 Å². The van der Waals surface area contributed by atoms with Crippen molar-refractivity contribution in [2.45, 2.75) is 47.1 Å². The van der Waals surface area contributed by atoms with Crippen LogP contribution in [0.25, 0.3) is 0 Å². The Bertz CT molecular complexity index is 132. The van der Waals surface area contributed by atoms with E-state index in [0.29, 0.717) is 11.5 Å². The topological polar surface area (TPSA) is 3.24 Å². The second-order valence-corrected chi connectivity index (χ2v) is 5.42. The van der Waals surface area contributed by atoms with E-state index in [9.17, 15) is 0 Å². The molecule has 0 bridgehead atoms. The molecule has 0 aromatic rings. The second-order valence-electron chi connectivity index (χ2n) is 4.86. The van der Waals surface area contributed by atoms with Crippen LogP contribution in [-0.2, 0) is 0 Å². The molecule has 0 spiro atoms. The Hall–Kier alpha value is 0.440. The molecule has 0 N–H and O–H groups in total. The summed E-state index contributed by atoms with van der Waals surface area (Å²) in [6, 6.07) is 0.665. The molecule has 1 nitrogen and oxygen atoms in total. The van der Waals surface area contributed by atoms with Gasteiger partial charge in [-0.1, -0.05) is 36.7 Å². The van der Waals surface area contributed by atoms with Gasteiger partial charge in [-0.25, -0.2) is 0 Å². The lowest BCUT2D eigenvalue weighted by atomic mass is 9.95. The van der Waals surface area contributed by atoms with Crippen LogP contribution < -0.4 is 0 Å². The first-order valence-corrected chi connectivity index (χ1v) is 6.35. The molecule has 0 aliphatic rings. The summed E-state index contributed by atoms with van der Waals surface area (Å²) in [4.78, 5) is 2.56. The fraction of sp³-hybridized carbons (Fsp3) is 1.00. The Morgan fingerprint density at radius 3 is 2.15 bits per heavy atom. The van der Waals surface area contributed by atoms with Gasteiger partial charge in [0.1, 0.15) is 0 Å². The first kappa shape index (κ1) is 13.4. The molecule has 0 amide bonds. The predicted octanol–water partition coefficient (Wildman–Crippen LogP) is 3.53. The summed E-state index contributed by atoms with van der Waals surface area (Å²) in [5.41, 5.74) is 0.388. The maximum atomic E-state index is 3.57. The van der Waals surface area contributed by atoms with Gasteiger partial charge in [0.2, 0.25) is 0 Å². The van der Waals surface area contributed by atoms with Crippen LogP contribution in [0.4, 0.5) is 0 Å². The number of nitrogens with zero attached hydrogens (tertiary/aromatic N) is 1. The highest BCUT2D eigenvalue weighted by molar-refractivity contribution is 9.09. The summed E-state index contributed by atoms with van der Waals surface area (Å²) in [5, 5.41) is 1.08. The van der Waals surface area contributed by atoms with Gasteiger partial charge in [0.05, 0.1) is 0 Å². The van der Waals surface area contributed by atoms with E-state index in [4.69, 9.17) is 0 Å². The molecule has 0 aliphatic carbocycles. The Labute approximate surface area is 92.0 Å². The zero-order valence-electron chi connectivity index (χ0n) is 9.73. The largest absolute Gasteiger partial charge is 0.300 e. The first-order chi connectivity index (χ1) is 5.93. The molecule has 80 valence electrons. The van der Waals surface area contributed by atoms with Crippen LogP contribution in [0, 0.1) is 5.41 Å². The van der Waals surface area contributed by atoms with E-state index >= 15 is 0 Å². The minimum Gasteiger partial charge on any atom is -0.300 e. The van der Waals surface area contributed by atoms with Crippen molar-refractivity contribution >= 4 is 15.9 Å². The SMILES string of the molecule is CCCN(CC(C)(C)CBr)C(C)C. The van der Waals surface area contributed by atoms with Gasteiger partial charge in [0, 0.05) is 17.9 Å². The smallest absolute Gasteiger partial charge is 0.00949 e. The number of alkyl halides is 1. The van der Waals surface area contributed by atoms with Crippen molar-refractivity contribution in [3.05, 3.63) is 0 Å². The molecule has 0 unspecified atom stereocenters. The van der Waals surface area contributed by atoms with Crippen molar-refractivity contribution in [3.63, 3.8) is 0 Å². The summed E-state index contributed by atoms with van der Waals surface area (Å²) >= 11 is 3.57.